The molecule has 2 atom stereocenters. The smallest absolute Gasteiger partial charge is 0.261 e. The van der Waals surface area contributed by atoms with E-state index in [1.807, 2.05) is 0 Å². The molecule has 4 aromatic heterocycles. The summed E-state index contributed by atoms with van der Waals surface area (Å²) >= 11 is 7.08. The van der Waals surface area contributed by atoms with Gasteiger partial charge in [-0.3, -0.25) is 14.9 Å². The maximum Gasteiger partial charge on any atom is 0.261 e. The van der Waals surface area contributed by atoms with Crippen LogP contribution in [0.2, 0.25) is 4.34 Å². The summed E-state index contributed by atoms with van der Waals surface area (Å²) in [5, 5.41) is 9.46. The number of hydrogen-bond acceptors (Lipinski definition) is 8. The quantitative estimate of drug-likeness (QED) is 0.326. The van der Waals surface area contributed by atoms with Gasteiger partial charge in [-0.15, -0.1) is 11.3 Å². The summed E-state index contributed by atoms with van der Waals surface area (Å²) in [4.78, 5) is 26.4. The van der Waals surface area contributed by atoms with Crippen molar-refractivity contribution in [3.8, 4) is 22.9 Å². The molecular weight excluding hydrogens is 553 g/mol. The number of carbonyl (C=O) groups excluding carboxylic acids is 1. The molecule has 10 nitrogen and oxygen atoms in total. The number of fused-ring (bicyclic) bond motifs is 1. The number of aromatic nitrogens is 6. The summed E-state index contributed by atoms with van der Waals surface area (Å²) in [6, 6.07) is 9.78. The van der Waals surface area contributed by atoms with Gasteiger partial charge in [-0.2, -0.15) is 5.10 Å². The Morgan fingerprint density at radius 3 is 2.76 bits per heavy atom. The highest BCUT2D eigenvalue weighted by molar-refractivity contribution is 7.91. The average molecular weight is 572 g/mol. The maximum atomic E-state index is 15.0. The highest BCUT2D eigenvalue weighted by Gasteiger charge is 2.36. The van der Waals surface area contributed by atoms with Crippen molar-refractivity contribution in [1.82, 2.24) is 35.0 Å². The van der Waals surface area contributed by atoms with Crippen LogP contribution in [0.25, 0.3) is 33.9 Å². The molecule has 0 saturated carbocycles. The Hall–Kier alpha value is -3.68. The number of nitrogens with one attached hydrogen (secondary N) is 2. The number of benzene rings is 1. The number of sulfone groups is 1. The van der Waals surface area contributed by atoms with Gasteiger partial charge in [0.1, 0.15) is 29.2 Å². The number of amides is 1. The van der Waals surface area contributed by atoms with E-state index in [0.717, 1.165) is 11.3 Å². The molecule has 0 aliphatic carbocycles. The Morgan fingerprint density at radius 1 is 1.18 bits per heavy atom. The molecule has 5 heterocycles. The van der Waals surface area contributed by atoms with Crippen LogP contribution in [0.1, 0.15) is 22.1 Å². The summed E-state index contributed by atoms with van der Waals surface area (Å²) in [5.74, 6) is -0.609. The zero-order chi connectivity index (χ0) is 26.4. The van der Waals surface area contributed by atoms with Gasteiger partial charge >= 0.3 is 0 Å². The first-order valence-electron chi connectivity index (χ1n) is 11.5. The number of thiophene rings is 1. The van der Waals surface area contributed by atoms with Crippen LogP contribution in [0.15, 0.2) is 55.0 Å². The SMILES string of the molecule is O=C(N[C@H]1C[C@@H](n2c(-c3ccccc3F)nc3cnc(-c4ncn[nH]4)cc32)CS(=O)(=O)C1)c1ccc(Cl)s1. The van der Waals surface area contributed by atoms with Crippen molar-refractivity contribution < 1.29 is 17.6 Å². The van der Waals surface area contributed by atoms with Crippen molar-refractivity contribution in [2.45, 2.75) is 18.5 Å². The lowest BCUT2D eigenvalue weighted by Crippen LogP contribution is -2.46. The molecule has 0 bridgehead atoms. The first kappa shape index (κ1) is 24.6. The minimum Gasteiger partial charge on any atom is -0.348 e. The molecular formula is C24H19ClFN7O3S2. The normalized spacial score (nSPS) is 19.0. The van der Waals surface area contributed by atoms with E-state index in [-0.39, 0.29) is 29.3 Å². The maximum absolute atomic E-state index is 15.0. The molecule has 38 heavy (non-hydrogen) atoms. The van der Waals surface area contributed by atoms with Crippen LogP contribution >= 0.6 is 22.9 Å². The summed E-state index contributed by atoms with van der Waals surface area (Å²) < 4.78 is 43.3. The number of carbonyl (C=O) groups is 1. The van der Waals surface area contributed by atoms with E-state index in [1.165, 1.54) is 18.6 Å². The predicted molar refractivity (Wildman–Crippen MR) is 141 cm³/mol. The van der Waals surface area contributed by atoms with Gasteiger partial charge in [0.05, 0.1) is 44.0 Å². The number of H-pyrrole nitrogens is 1. The van der Waals surface area contributed by atoms with Crippen LogP contribution in [0.3, 0.4) is 0 Å². The fourth-order valence-electron chi connectivity index (χ4n) is 4.76. The van der Waals surface area contributed by atoms with E-state index in [9.17, 15) is 17.6 Å². The fourth-order valence-corrected chi connectivity index (χ4v) is 7.55. The first-order valence-corrected chi connectivity index (χ1v) is 14.5. The van der Waals surface area contributed by atoms with Gasteiger partial charge in [0.15, 0.2) is 15.7 Å². The van der Waals surface area contributed by atoms with E-state index in [1.54, 1.807) is 41.0 Å². The molecule has 194 valence electrons. The molecule has 1 saturated heterocycles. The van der Waals surface area contributed by atoms with Crippen molar-refractivity contribution in [2.75, 3.05) is 11.5 Å². The van der Waals surface area contributed by atoms with Gasteiger partial charge in [-0.1, -0.05) is 23.7 Å². The zero-order valence-corrected chi connectivity index (χ0v) is 21.9. The summed E-state index contributed by atoms with van der Waals surface area (Å²) in [6.45, 7) is 0. The lowest BCUT2D eigenvalue weighted by molar-refractivity contribution is 0.0940. The van der Waals surface area contributed by atoms with Gasteiger partial charge in [0.25, 0.3) is 5.91 Å². The number of pyridine rings is 1. The fraction of sp³-hybridized carbons (Fsp3) is 0.208. The third kappa shape index (κ3) is 4.68. The molecule has 1 fully saturated rings. The highest BCUT2D eigenvalue weighted by Crippen LogP contribution is 2.35. The van der Waals surface area contributed by atoms with Crippen LogP contribution in [0, 0.1) is 5.82 Å². The van der Waals surface area contributed by atoms with E-state index in [2.05, 4.69) is 30.5 Å². The predicted octanol–water partition coefficient (Wildman–Crippen LogP) is 3.90. The van der Waals surface area contributed by atoms with Crippen molar-refractivity contribution in [2.24, 2.45) is 0 Å². The van der Waals surface area contributed by atoms with Crippen molar-refractivity contribution in [3.05, 3.63) is 70.0 Å². The van der Waals surface area contributed by atoms with Crippen molar-refractivity contribution >= 4 is 49.7 Å². The molecule has 14 heteroatoms. The Balaban J connectivity index is 1.46. The van der Waals surface area contributed by atoms with Crippen LogP contribution in [-0.4, -0.2) is 61.6 Å². The third-order valence-corrected chi connectivity index (χ3v) is 9.34. The van der Waals surface area contributed by atoms with E-state index < -0.39 is 33.6 Å². The van der Waals surface area contributed by atoms with E-state index in [4.69, 9.17) is 11.6 Å². The molecule has 0 radical (unpaired) electrons. The second-order valence-corrected chi connectivity index (χ2v) is 12.8. The molecule has 1 aliphatic heterocycles. The van der Waals surface area contributed by atoms with Crippen molar-refractivity contribution in [3.63, 3.8) is 0 Å². The number of nitrogens with zero attached hydrogens (tertiary/aromatic N) is 5. The molecule has 1 amide bonds. The van der Waals surface area contributed by atoms with Crippen molar-refractivity contribution in [1.29, 1.82) is 0 Å². The average Bonchev–Trinajstić information content (AvgIpc) is 3.62. The first-order chi connectivity index (χ1) is 18.3. The van der Waals surface area contributed by atoms with Crippen LogP contribution in [0.4, 0.5) is 4.39 Å². The Morgan fingerprint density at radius 2 is 2.03 bits per heavy atom. The number of rotatable bonds is 5. The lowest BCUT2D eigenvalue weighted by Gasteiger charge is -2.31. The number of aromatic amines is 1. The third-order valence-electron chi connectivity index (χ3n) is 6.30. The second-order valence-electron chi connectivity index (χ2n) is 8.92. The molecule has 0 spiro atoms. The second kappa shape index (κ2) is 9.57. The summed E-state index contributed by atoms with van der Waals surface area (Å²) in [7, 11) is -3.58. The van der Waals surface area contributed by atoms with E-state index in [0.29, 0.717) is 31.8 Å². The minimum atomic E-state index is -3.58. The monoisotopic (exact) mass is 571 g/mol. The molecule has 1 aliphatic rings. The topological polar surface area (TPSA) is 136 Å². The Kier molecular flexibility index (Phi) is 6.20. The zero-order valence-electron chi connectivity index (χ0n) is 19.5. The highest BCUT2D eigenvalue weighted by atomic mass is 35.5. The summed E-state index contributed by atoms with van der Waals surface area (Å²) in [6.07, 6.45) is 3.17. The number of imidazole rings is 1. The van der Waals surface area contributed by atoms with E-state index >= 15 is 0 Å². The minimum absolute atomic E-state index is 0.197. The lowest BCUT2D eigenvalue weighted by atomic mass is 10.1. The van der Waals surface area contributed by atoms with Gasteiger partial charge < -0.3 is 9.88 Å². The largest absolute Gasteiger partial charge is 0.348 e. The van der Waals surface area contributed by atoms with Gasteiger partial charge in [-0.05, 0) is 36.8 Å². The number of hydrogen-bond donors (Lipinski definition) is 2. The van der Waals surface area contributed by atoms with Crippen LogP contribution in [0.5, 0.6) is 0 Å². The van der Waals surface area contributed by atoms with Crippen LogP contribution < -0.4 is 5.32 Å². The Bertz CT molecular complexity index is 1770. The molecule has 2 N–H and O–H groups in total. The number of halogens is 2. The molecule has 1 aromatic carbocycles. The molecule has 5 aromatic rings. The Labute approximate surface area is 224 Å². The van der Waals surface area contributed by atoms with Crippen LogP contribution in [-0.2, 0) is 9.84 Å². The van der Waals surface area contributed by atoms with Gasteiger partial charge in [0, 0.05) is 6.04 Å². The summed E-state index contributed by atoms with van der Waals surface area (Å²) in [5.41, 5.74) is 1.71. The standard InChI is InChI=1S/C24H19ClFN7O3S2/c25-21-6-5-20(37-21)24(34)30-13-7-14(11-38(35,36)10-13)33-19-8-17(22-28-12-29-32-22)27-9-18(19)31-23(33)15-3-1-2-4-16(15)26/h1-6,8-9,12-14H,7,10-11H2,(H,30,34)(H,28,29,32)/t13-,14+/m0/s1. The van der Waals surface area contributed by atoms with Gasteiger partial charge in [0.2, 0.25) is 0 Å². The molecule has 6 rings (SSSR count). The van der Waals surface area contributed by atoms with Gasteiger partial charge in [-0.25, -0.2) is 22.8 Å². The molecule has 0 unspecified atom stereocenters.